The van der Waals surface area contributed by atoms with Crippen molar-refractivity contribution >= 4 is 87.4 Å². The van der Waals surface area contributed by atoms with Crippen molar-refractivity contribution in [2.45, 2.75) is 24.0 Å². The van der Waals surface area contributed by atoms with E-state index < -0.39 is 0 Å². The number of fused-ring (bicyclic) bond motifs is 20. The fourth-order valence-electron chi connectivity index (χ4n) is 17.8. The average molecular weight is 1480 g/mol. The number of rotatable bonds is 10. The third kappa shape index (κ3) is 10.7. The van der Waals surface area contributed by atoms with Crippen molar-refractivity contribution in [1.82, 2.24) is 39.0 Å². The zero-order valence-electron chi connectivity index (χ0n) is 61.2. The normalized spacial score (nSPS) is 15.4. The maximum absolute atomic E-state index is 7.01. The number of nitrogens with zero attached hydrogens (tertiary/aromatic N) is 8. The zero-order valence-corrected chi connectivity index (χ0v) is 62.0. The summed E-state index contributed by atoms with van der Waals surface area (Å²) in [6.07, 6.45) is 8.73. The van der Waals surface area contributed by atoms with Crippen LogP contribution in [0.5, 0.6) is 11.5 Å². The second kappa shape index (κ2) is 26.5. The number of hydrogen-bond donors (Lipinski definition) is 0. The molecule has 12 heteroatoms. The molecule has 4 unspecified atom stereocenters. The minimum Gasteiger partial charge on any atom is -0.484 e. The summed E-state index contributed by atoms with van der Waals surface area (Å²) in [6.45, 7) is 0. The van der Waals surface area contributed by atoms with Crippen LogP contribution in [-0.4, -0.2) is 39.0 Å². The molecule has 0 fully saturated rings. The number of hydrogen-bond acceptors (Lipinski definition) is 10. The molecule has 2 aliphatic heterocycles. The lowest BCUT2D eigenvalue weighted by atomic mass is 9.83. The molecule has 4 aliphatic rings. The third-order valence-electron chi connectivity index (χ3n) is 22.9. The third-order valence-corrected chi connectivity index (χ3v) is 24.0. The van der Waals surface area contributed by atoms with E-state index in [9.17, 15) is 0 Å². The summed E-state index contributed by atoms with van der Waals surface area (Å²) in [6, 6.07) is 118. The zero-order chi connectivity index (χ0) is 74.9. The van der Waals surface area contributed by atoms with Gasteiger partial charge in [0.25, 0.3) is 0 Å². The molecule has 24 rings (SSSR count). The van der Waals surface area contributed by atoms with Gasteiger partial charge in [0.15, 0.2) is 34.9 Å². The lowest BCUT2D eigenvalue weighted by Crippen LogP contribution is -2.14. The predicted octanol–water partition coefficient (Wildman–Crippen LogP) is 25.7. The predicted molar refractivity (Wildman–Crippen MR) is 460 cm³/mol. The Balaban J connectivity index is 0.000000135. The van der Waals surface area contributed by atoms with Crippen molar-refractivity contribution in [2.24, 2.45) is 0 Å². The molecule has 6 aromatic heterocycles. The first-order chi connectivity index (χ1) is 56.5. The van der Waals surface area contributed by atoms with Crippen LogP contribution in [0.25, 0.3) is 178 Å². The molecule has 14 aromatic carbocycles. The second-order valence-electron chi connectivity index (χ2n) is 29.3. The lowest BCUT2D eigenvalue weighted by molar-refractivity contribution is 0.224. The highest BCUT2D eigenvalue weighted by Crippen LogP contribution is 2.58. The molecule has 0 amide bonds. The van der Waals surface area contributed by atoms with E-state index in [0.29, 0.717) is 34.9 Å². The monoisotopic (exact) mass is 1480 g/mol. The molecule has 0 bridgehead atoms. The summed E-state index contributed by atoms with van der Waals surface area (Å²) >= 11 is 1.80. The fraction of sp³-hybridized carbons (Fsp3) is 0.0392. The average Bonchev–Trinajstić information content (AvgIpc) is 1.56. The Morgan fingerprint density at radius 3 is 1.22 bits per heavy atom. The van der Waals surface area contributed by atoms with Crippen LogP contribution in [0.1, 0.15) is 57.7 Å². The van der Waals surface area contributed by atoms with Crippen LogP contribution in [0.2, 0.25) is 0 Å². The Bertz CT molecular complexity index is 7350. The maximum atomic E-state index is 7.01. The van der Waals surface area contributed by atoms with Gasteiger partial charge in [-0.15, -0.1) is 11.3 Å². The van der Waals surface area contributed by atoms with Gasteiger partial charge in [-0.05, 0) is 125 Å². The van der Waals surface area contributed by atoms with Crippen LogP contribution in [0.4, 0.5) is 0 Å². The van der Waals surface area contributed by atoms with Crippen molar-refractivity contribution in [3.8, 4) is 113 Å². The Morgan fingerprint density at radius 2 is 0.667 bits per heavy atom. The number of ether oxygens (including phenoxy) is 2. The Labute approximate surface area is 659 Å². The van der Waals surface area contributed by atoms with Gasteiger partial charge in [-0.1, -0.05) is 261 Å². The van der Waals surface area contributed by atoms with Crippen molar-refractivity contribution in [3.05, 3.63) is 386 Å². The molecule has 2 aliphatic carbocycles. The van der Waals surface area contributed by atoms with E-state index in [1.165, 1.54) is 47.6 Å². The quantitative estimate of drug-likeness (QED) is 0.132. The molecule has 11 nitrogen and oxygen atoms in total. The Kier molecular flexibility index (Phi) is 15.2. The van der Waals surface area contributed by atoms with Gasteiger partial charge in [-0.25, -0.2) is 29.9 Å². The SMILES string of the molecule is C1=CC2c3c(cccc3-c3nc(-c4cccc(-c5ccccc5)c4)nc(-c4ccc5c(c4)oc4ccccc45)n3)OC2c2c1n(-c1ccccc1)c1ccccc21.C1=CC2c3c(cccc3-c3nc(-c4cccc(-c5ccccc5)c4)nc(-c4cccc5sc6ccccc6c45)n3)OC2c2c1n(-c1ccccc1)c1ccccc21. The first kappa shape index (κ1) is 65.2. The van der Waals surface area contributed by atoms with Crippen LogP contribution in [-0.2, 0) is 0 Å². The summed E-state index contributed by atoms with van der Waals surface area (Å²) in [7, 11) is 0. The summed E-state index contributed by atoms with van der Waals surface area (Å²) in [5.74, 6) is 5.29. The molecule has 0 saturated heterocycles. The van der Waals surface area contributed by atoms with Gasteiger partial charge in [0.1, 0.15) is 34.9 Å². The van der Waals surface area contributed by atoms with Gasteiger partial charge >= 0.3 is 0 Å². The molecular formula is C102H64N8O3S. The summed E-state index contributed by atoms with van der Waals surface area (Å²) in [4.78, 5) is 31.6. The molecule has 114 heavy (non-hydrogen) atoms. The van der Waals surface area contributed by atoms with E-state index in [4.69, 9.17) is 43.8 Å². The Morgan fingerprint density at radius 1 is 0.272 bits per heavy atom. The first-order valence-corrected chi connectivity index (χ1v) is 39.3. The van der Waals surface area contributed by atoms with Gasteiger partial charge in [0.2, 0.25) is 0 Å². The van der Waals surface area contributed by atoms with Crippen LogP contribution < -0.4 is 9.47 Å². The molecule has 8 heterocycles. The maximum Gasteiger partial charge on any atom is 0.164 e. The standard InChI is InChI=1S/C51H32N4O2.C51H32N4OS/c1-3-13-31(14-4-1)32-15-11-16-33(29-32)49-52-50(34-25-26-37-36-19-8-10-23-43(36)56-45(37)30-34)54-51(53-49)40-21-12-24-44-46(40)39-27-28-42-47(48(39)57-44)38-20-7-9-22-41(38)55(42)35-17-5-2-6-18-35;1-3-14-31(15-4-1)32-16-11-17-33(30-32)49-52-50(54-51(53-49)39-23-13-27-44-46(39)36-21-8-10-26-43(36)57-44)38-22-12-25-42-45(38)37-28-29-41-47(48(37)56-42)35-20-7-9-24-40(35)55(41)34-18-5-2-6-19-34/h1-30,39,48H;1-30,37,48H. The van der Waals surface area contributed by atoms with Crippen molar-refractivity contribution in [2.75, 3.05) is 0 Å². The molecule has 0 radical (unpaired) electrons. The van der Waals surface area contributed by atoms with E-state index >= 15 is 0 Å². The van der Waals surface area contributed by atoms with Gasteiger partial charge in [0, 0.05) is 121 Å². The second-order valence-corrected chi connectivity index (χ2v) is 30.4. The van der Waals surface area contributed by atoms with Crippen LogP contribution in [0.15, 0.2) is 356 Å². The van der Waals surface area contributed by atoms with Crippen molar-refractivity contribution < 1.29 is 13.9 Å². The summed E-state index contributed by atoms with van der Waals surface area (Å²) in [5, 5.41) is 6.90. The highest BCUT2D eigenvalue weighted by molar-refractivity contribution is 7.26. The molecule has 4 atom stereocenters. The van der Waals surface area contributed by atoms with Crippen LogP contribution in [0, 0.1) is 0 Å². The molecule has 20 aromatic rings. The van der Waals surface area contributed by atoms with Gasteiger partial charge in [-0.2, -0.15) is 0 Å². The highest BCUT2D eigenvalue weighted by Gasteiger charge is 2.44. The van der Waals surface area contributed by atoms with E-state index in [-0.39, 0.29) is 24.0 Å². The largest absolute Gasteiger partial charge is 0.484 e. The van der Waals surface area contributed by atoms with E-state index in [2.05, 4.69) is 331 Å². The van der Waals surface area contributed by atoms with Gasteiger partial charge in [-0.3, -0.25) is 0 Å². The summed E-state index contributed by atoms with van der Waals surface area (Å²) < 4.78 is 27.5. The topological polar surface area (TPSA) is 119 Å². The number of furan rings is 1. The van der Waals surface area contributed by atoms with Crippen molar-refractivity contribution in [3.63, 3.8) is 0 Å². The minimum absolute atomic E-state index is 0.0342. The van der Waals surface area contributed by atoms with Crippen LogP contribution in [0.3, 0.4) is 0 Å². The number of para-hydroxylation sites is 5. The molecule has 0 saturated carbocycles. The highest BCUT2D eigenvalue weighted by atomic mass is 32.1. The number of aromatic nitrogens is 8. The van der Waals surface area contributed by atoms with Gasteiger partial charge in [0.05, 0.1) is 22.4 Å². The minimum atomic E-state index is -0.213. The lowest BCUT2D eigenvalue weighted by Gasteiger charge is -2.22. The molecular weight excluding hydrogens is 1420 g/mol. The molecule has 0 spiro atoms. The number of benzene rings is 14. The Hall–Kier alpha value is -14.7. The molecule has 0 N–H and O–H groups in total. The van der Waals surface area contributed by atoms with E-state index in [1.54, 1.807) is 11.3 Å². The first-order valence-electron chi connectivity index (χ1n) is 38.5. The van der Waals surface area contributed by atoms with Gasteiger partial charge < -0.3 is 23.0 Å². The van der Waals surface area contributed by atoms with Crippen molar-refractivity contribution in [1.29, 1.82) is 0 Å². The number of thiophene rings is 1. The van der Waals surface area contributed by atoms with E-state index in [0.717, 1.165) is 128 Å². The smallest absolute Gasteiger partial charge is 0.164 e. The molecule has 536 valence electrons. The summed E-state index contributed by atoms with van der Waals surface area (Å²) in [5.41, 5.74) is 23.1. The fourth-order valence-corrected chi connectivity index (χ4v) is 19.0. The van der Waals surface area contributed by atoms with E-state index in [1.807, 2.05) is 42.5 Å². The van der Waals surface area contributed by atoms with Crippen LogP contribution >= 0.6 is 11.3 Å².